The first-order chi connectivity index (χ1) is 7.22. The zero-order valence-corrected chi connectivity index (χ0v) is 9.40. The SMILES string of the molecule is C[C@H]1OC(COP(=O)(O)O)C(O)[C@H](O)C1O. The molecule has 1 saturated heterocycles. The molecule has 1 aliphatic heterocycles. The van der Waals surface area contributed by atoms with Gasteiger partial charge in [0.2, 0.25) is 0 Å². The minimum Gasteiger partial charge on any atom is -0.388 e. The Morgan fingerprint density at radius 3 is 2.25 bits per heavy atom. The second kappa shape index (κ2) is 5.07. The first kappa shape index (κ1) is 14.0. The lowest BCUT2D eigenvalue weighted by atomic mass is 9.96. The van der Waals surface area contributed by atoms with Crippen LogP contribution in [0.4, 0.5) is 0 Å². The van der Waals surface area contributed by atoms with Gasteiger partial charge in [-0.2, -0.15) is 0 Å². The molecule has 0 aromatic heterocycles. The zero-order chi connectivity index (χ0) is 12.5. The van der Waals surface area contributed by atoms with Crippen molar-refractivity contribution >= 4 is 7.82 Å². The molecule has 0 aromatic rings. The largest absolute Gasteiger partial charge is 0.469 e. The minimum atomic E-state index is -4.65. The molecule has 16 heavy (non-hydrogen) atoms. The van der Waals surface area contributed by atoms with Crippen molar-refractivity contribution in [1.82, 2.24) is 0 Å². The lowest BCUT2D eigenvalue weighted by Gasteiger charge is -2.39. The molecule has 0 aromatic carbocycles. The van der Waals surface area contributed by atoms with E-state index in [2.05, 4.69) is 4.52 Å². The Labute approximate surface area is 91.7 Å². The molecule has 0 amide bonds. The van der Waals surface area contributed by atoms with Gasteiger partial charge in [-0.15, -0.1) is 0 Å². The zero-order valence-electron chi connectivity index (χ0n) is 8.50. The summed E-state index contributed by atoms with van der Waals surface area (Å²) in [6, 6.07) is 0. The average molecular weight is 258 g/mol. The summed E-state index contributed by atoms with van der Waals surface area (Å²) < 4.78 is 19.6. The molecule has 0 saturated carbocycles. The van der Waals surface area contributed by atoms with Gasteiger partial charge < -0.3 is 29.8 Å². The molecule has 1 heterocycles. The Morgan fingerprint density at radius 2 is 1.75 bits per heavy atom. The van der Waals surface area contributed by atoms with Crippen LogP contribution in [-0.4, -0.2) is 62.2 Å². The summed E-state index contributed by atoms with van der Waals surface area (Å²) in [5, 5.41) is 28.2. The summed E-state index contributed by atoms with van der Waals surface area (Å²) >= 11 is 0. The number of ether oxygens (including phenoxy) is 1. The number of aliphatic hydroxyl groups is 3. The predicted molar refractivity (Wildman–Crippen MR) is 50.4 cm³/mol. The maximum absolute atomic E-state index is 10.4. The van der Waals surface area contributed by atoms with Gasteiger partial charge in [-0.3, -0.25) is 4.52 Å². The fourth-order valence-corrected chi connectivity index (χ4v) is 1.79. The smallest absolute Gasteiger partial charge is 0.388 e. The number of rotatable bonds is 3. The van der Waals surface area contributed by atoms with E-state index in [-0.39, 0.29) is 0 Å². The summed E-state index contributed by atoms with van der Waals surface area (Å²) in [7, 11) is -4.65. The predicted octanol–water partition coefficient (Wildman–Crippen LogP) is -2.03. The highest BCUT2D eigenvalue weighted by atomic mass is 31.2. The first-order valence-corrected chi connectivity index (χ1v) is 6.15. The Bertz CT molecular complexity index is 278. The topological polar surface area (TPSA) is 137 Å². The van der Waals surface area contributed by atoms with E-state index in [1.165, 1.54) is 6.92 Å². The molecule has 0 bridgehead atoms. The minimum absolute atomic E-state index is 0.570. The molecular weight excluding hydrogens is 243 g/mol. The third-order valence-corrected chi connectivity index (χ3v) is 2.84. The van der Waals surface area contributed by atoms with Gasteiger partial charge in [-0.25, -0.2) is 4.57 Å². The van der Waals surface area contributed by atoms with E-state index in [1.54, 1.807) is 0 Å². The van der Waals surface area contributed by atoms with E-state index >= 15 is 0 Å². The molecule has 5 atom stereocenters. The van der Waals surface area contributed by atoms with Crippen LogP contribution in [-0.2, 0) is 13.8 Å². The quantitative estimate of drug-likeness (QED) is 0.365. The Balaban J connectivity index is 2.57. The molecular formula is C7H15O8P. The standard InChI is InChI=1S/C7H15O8P/c1-3-5(8)7(10)6(9)4(15-3)2-14-16(11,12)13/h3-10H,2H2,1H3,(H2,11,12,13)/t3-,4?,5?,6?,7-/m1/s1. The summed E-state index contributed by atoms with van der Waals surface area (Å²) in [5.41, 5.74) is 0. The van der Waals surface area contributed by atoms with E-state index in [0.717, 1.165) is 0 Å². The van der Waals surface area contributed by atoms with Gasteiger partial charge in [0, 0.05) is 0 Å². The van der Waals surface area contributed by atoms with Gasteiger partial charge in [0.15, 0.2) is 0 Å². The summed E-state index contributed by atoms with van der Waals surface area (Å²) in [4.78, 5) is 16.9. The van der Waals surface area contributed by atoms with Crippen LogP contribution in [0.3, 0.4) is 0 Å². The van der Waals surface area contributed by atoms with Gasteiger partial charge in [0.1, 0.15) is 24.4 Å². The maximum atomic E-state index is 10.4. The molecule has 8 nitrogen and oxygen atoms in total. The van der Waals surface area contributed by atoms with Crippen LogP contribution < -0.4 is 0 Å². The second-order valence-electron chi connectivity index (χ2n) is 3.64. The molecule has 1 aliphatic rings. The molecule has 0 spiro atoms. The lowest BCUT2D eigenvalue weighted by Crippen LogP contribution is -2.57. The van der Waals surface area contributed by atoms with E-state index in [4.69, 9.17) is 14.5 Å². The van der Waals surface area contributed by atoms with Crippen molar-refractivity contribution < 1.29 is 38.9 Å². The molecule has 3 unspecified atom stereocenters. The third kappa shape index (κ3) is 3.47. The number of phosphoric ester groups is 1. The van der Waals surface area contributed by atoms with Crippen LogP contribution in [0.15, 0.2) is 0 Å². The molecule has 1 rings (SSSR count). The van der Waals surface area contributed by atoms with Crippen LogP contribution in [0.25, 0.3) is 0 Å². The number of hydrogen-bond acceptors (Lipinski definition) is 6. The highest BCUT2D eigenvalue weighted by molar-refractivity contribution is 7.46. The van der Waals surface area contributed by atoms with E-state index in [9.17, 15) is 19.9 Å². The van der Waals surface area contributed by atoms with Gasteiger partial charge in [-0.05, 0) is 6.92 Å². The number of hydrogen-bond donors (Lipinski definition) is 5. The molecule has 1 fully saturated rings. The maximum Gasteiger partial charge on any atom is 0.469 e. The van der Waals surface area contributed by atoms with Gasteiger partial charge in [0.05, 0.1) is 12.7 Å². The van der Waals surface area contributed by atoms with Crippen LogP contribution in [0.1, 0.15) is 6.92 Å². The molecule has 96 valence electrons. The van der Waals surface area contributed by atoms with Crippen LogP contribution >= 0.6 is 7.82 Å². The van der Waals surface area contributed by atoms with Crippen molar-refractivity contribution in [3.63, 3.8) is 0 Å². The Kier molecular flexibility index (Phi) is 4.44. The van der Waals surface area contributed by atoms with Gasteiger partial charge >= 0.3 is 7.82 Å². The number of phosphoric acid groups is 1. The van der Waals surface area contributed by atoms with E-state index < -0.39 is 44.9 Å². The highest BCUT2D eigenvalue weighted by Crippen LogP contribution is 2.36. The highest BCUT2D eigenvalue weighted by Gasteiger charge is 2.42. The van der Waals surface area contributed by atoms with E-state index in [0.29, 0.717) is 0 Å². The first-order valence-electron chi connectivity index (χ1n) is 4.62. The summed E-state index contributed by atoms with van der Waals surface area (Å²) in [6.45, 7) is 0.893. The van der Waals surface area contributed by atoms with Crippen LogP contribution in [0.2, 0.25) is 0 Å². The normalized spacial score (nSPS) is 41.0. The van der Waals surface area contributed by atoms with Crippen molar-refractivity contribution in [3.05, 3.63) is 0 Å². The molecule has 9 heteroatoms. The second-order valence-corrected chi connectivity index (χ2v) is 4.88. The van der Waals surface area contributed by atoms with Gasteiger partial charge in [-0.1, -0.05) is 0 Å². The summed E-state index contributed by atoms with van der Waals surface area (Å²) in [5.74, 6) is 0. The molecule has 0 aliphatic carbocycles. The van der Waals surface area contributed by atoms with Crippen molar-refractivity contribution in [3.8, 4) is 0 Å². The van der Waals surface area contributed by atoms with Crippen molar-refractivity contribution in [1.29, 1.82) is 0 Å². The molecule has 5 N–H and O–H groups in total. The number of aliphatic hydroxyl groups excluding tert-OH is 3. The Hall–Kier alpha value is -0.0500. The van der Waals surface area contributed by atoms with E-state index in [1.807, 2.05) is 0 Å². The summed E-state index contributed by atoms with van der Waals surface area (Å²) in [6.07, 6.45) is -6.00. The molecule has 0 radical (unpaired) electrons. The van der Waals surface area contributed by atoms with Crippen LogP contribution in [0, 0.1) is 0 Å². The van der Waals surface area contributed by atoms with Crippen LogP contribution in [0.5, 0.6) is 0 Å². The third-order valence-electron chi connectivity index (χ3n) is 2.36. The monoisotopic (exact) mass is 258 g/mol. The van der Waals surface area contributed by atoms with Crippen molar-refractivity contribution in [2.75, 3.05) is 6.61 Å². The van der Waals surface area contributed by atoms with Crippen molar-refractivity contribution in [2.45, 2.75) is 37.4 Å². The lowest BCUT2D eigenvalue weighted by molar-refractivity contribution is -0.223. The average Bonchev–Trinajstić information content (AvgIpc) is 2.17. The van der Waals surface area contributed by atoms with Crippen molar-refractivity contribution in [2.24, 2.45) is 0 Å². The van der Waals surface area contributed by atoms with Gasteiger partial charge in [0.25, 0.3) is 0 Å². The fraction of sp³-hybridized carbons (Fsp3) is 1.00. The Morgan fingerprint density at radius 1 is 1.19 bits per heavy atom. The fourth-order valence-electron chi connectivity index (χ4n) is 1.44.